The molecule has 5 N–H and O–H groups in total. The molecule has 33 heavy (non-hydrogen) atoms. The third-order valence-corrected chi connectivity index (χ3v) is 4.71. The van der Waals surface area contributed by atoms with Crippen molar-refractivity contribution in [2.24, 2.45) is 17.6 Å². The normalized spacial score (nSPS) is 14.3. The van der Waals surface area contributed by atoms with Crippen molar-refractivity contribution in [3.63, 3.8) is 0 Å². The van der Waals surface area contributed by atoms with E-state index in [1.807, 2.05) is 13.8 Å². The van der Waals surface area contributed by atoms with Crippen molar-refractivity contribution < 1.29 is 28.7 Å². The summed E-state index contributed by atoms with van der Waals surface area (Å²) in [6.45, 7) is 13.0. The number of nitrogens with two attached hydrogens (primary N) is 1. The summed E-state index contributed by atoms with van der Waals surface area (Å²) in [7, 11) is 1.26. The second kappa shape index (κ2) is 14.7. The van der Waals surface area contributed by atoms with Gasteiger partial charge in [-0.2, -0.15) is 0 Å². The highest BCUT2D eigenvalue weighted by Crippen LogP contribution is 2.11. The third kappa shape index (κ3) is 13.1. The zero-order chi connectivity index (χ0) is 25.8. The first-order valence-corrected chi connectivity index (χ1v) is 11.6. The summed E-state index contributed by atoms with van der Waals surface area (Å²) in [6, 6.07) is -2.63. The molecule has 3 amide bonds. The maximum Gasteiger partial charge on any atom is 0.408 e. The van der Waals surface area contributed by atoms with Crippen molar-refractivity contribution in [2.45, 2.75) is 97.9 Å². The molecular weight excluding hydrogens is 428 g/mol. The Labute approximate surface area is 198 Å². The summed E-state index contributed by atoms with van der Waals surface area (Å²) in [6.07, 6.45) is 1.30. The molecule has 0 bridgehead atoms. The number of nitrogens with one attached hydrogen (secondary N) is 3. The number of hydrogen-bond donors (Lipinski definition) is 4. The molecule has 0 heterocycles. The van der Waals surface area contributed by atoms with Crippen LogP contribution in [0.3, 0.4) is 0 Å². The first-order chi connectivity index (χ1) is 15.2. The zero-order valence-electron chi connectivity index (χ0n) is 21.4. The monoisotopic (exact) mass is 472 g/mol. The number of hydrogen-bond acceptors (Lipinski definition) is 7. The number of amides is 3. The molecule has 0 aliphatic rings. The van der Waals surface area contributed by atoms with Crippen LogP contribution in [0.5, 0.6) is 0 Å². The van der Waals surface area contributed by atoms with E-state index >= 15 is 0 Å². The second-order valence-electron chi connectivity index (χ2n) is 9.93. The molecule has 0 aromatic rings. The van der Waals surface area contributed by atoms with Crippen LogP contribution >= 0.6 is 0 Å². The molecule has 0 radical (unpaired) electrons. The molecule has 0 unspecified atom stereocenters. The number of carbonyl (C=O) groups excluding carboxylic acids is 4. The molecule has 10 nitrogen and oxygen atoms in total. The van der Waals surface area contributed by atoms with Gasteiger partial charge in [-0.05, 0) is 64.8 Å². The molecule has 0 saturated heterocycles. The Kier molecular flexibility index (Phi) is 13.7. The van der Waals surface area contributed by atoms with Gasteiger partial charge in [0.05, 0.1) is 7.11 Å². The van der Waals surface area contributed by atoms with Crippen molar-refractivity contribution in [1.29, 1.82) is 0 Å². The van der Waals surface area contributed by atoms with Gasteiger partial charge in [0.1, 0.15) is 23.7 Å². The third-order valence-electron chi connectivity index (χ3n) is 4.71. The van der Waals surface area contributed by atoms with Crippen LogP contribution in [0.2, 0.25) is 0 Å². The number of methoxy groups -OCH3 is 1. The Hall–Kier alpha value is -2.36. The number of ether oxygens (including phenoxy) is 2. The molecule has 0 aliphatic heterocycles. The number of rotatable bonds is 13. The van der Waals surface area contributed by atoms with Gasteiger partial charge >= 0.3 is 12.1 Å². The minimum atomic E-state index is -0.906. The van der Waals surface area contributed by atoms with E-state index in [-0.39, 0.29) is 11.8 Å². The van der Waals surface area contributed by atoms with Gasteiger partial charge in [-0.1, -0.05) is 27.7 Å². The number of alkyl carbamates (subject to hydrolysis) is 1. The lowest BCUT2D eigenvalue weighted by atomic mass is 10.0. The Balaban J connectivity index is 5.48. The molecular formula is C23H44N4O6. The molecule has 192 valence electrons. The highest BCUT2D eigenvalue weighted by molar-refractivity contribution is 5.93. The summed E-state index contributed by atoms with van der Waals surface area (Å²) in [5, 5.41) is 8.01. The van der Waals surface area contributed by atoms with Crippen LogP contribution in [0.1, 0.15) is 74.1 Å². The average molecular weight is 473 g/mol. The maximum absolute atomic E-state index is 13.0. The van der Waals surface area contributed by atoms with E-state index in [2.05, 4.69) is 16.0 Å². The Morgan fingerprint density at radius 2 is 1.45 bits per heavy atom. The smallest absolute Gasteiger partial charge is 0.408 e. The SMILES string of the molecule is COC(=O)[C@H](CC(C)C)NC(=O)[C@H](CCCCN)NC(=O)[C@@H](NC(=O)OC(C)(C)C)C(C)C. The Morgan fingerprint density at radius 1 is 0.879 bits per heavy atom. The van der Waals surface area contributed by atoms with E-state index in [1.165, 1.54) is 7.11 Å². The van der Waals surface area contributed by atoms with Crippen LogP contribution in [0.15, 0.2) is 0 Å². The van der Waals surface area contributed by atoms with Crippen LogP contribution < -0.4 is 21.7 Å². The highest BCUT2D eigenvalue weighted by atomic mass is 16.6. The van der Waals surface area contributed by atoms with E-state index in [9.17, 15) is 19.2 Å². The van der Waals surface area contributed by atoms with Crippen molar-refractivity contribution >= 4 is 23.9 Å². The minimum Gasteiger partial charge on any atom is -0.467 e. The highest BCUT2D eigenvalue weighted by Gasteiger charge is 2.32. The standard InChI is InChI=1S/C23H44N4O6/c1-14(2)13-17(21(30)32-8)26-19(28)16(11-9-10-12-24)25-20(29)18(15(3)4)27-22(31)33-23(5,6)7/h14-18H,9-13,24H2,1-8H3,(H,25,29)(H,26,28)(H,27,31)/t16-,17-,18-/m0/s1. The van der Waals surface area contributed by atoms with Gasteiger partial charge in [0.15, 0.2) is 0 Å². The van der Waals surface area contributed by atoms with E-state index in [0.29, 0.717) is 32.2 Å². The zero-order valence-corrected chi connectivity index (χ0v) is 21.4. The number of carbonyl (C=O) groups is 4. The largest absolute Gasteiger partial charge is 0.467 e. The molecule has 0 rings (SSSR count). The van der Waals surface area contributed by atoms with Gasteiger partial charge in [-0.15, -0.1) is 0 Å². The number of esters is 1. The van der Waals surface area contributed by atoms with Gasteiger partial charge in [0.25, 0.3) is 0 Å². The Bertz CT molecular complexity index is 645. The molecule has 0 aromatic carbocycles. The van der Waals surface area contributed by atoms with Crippen LogP contribution in [0, 0.1) is 11.8 Å². The van der Waals surface area contributed by atoms with Crippen LogP contribution in [-0.2, 0) is 23.9 Å². The van der Waals surface area contributed by atoms with E-state index in [0.717, 1.165) is 0 Å². The summed E-state index contributed by atoms with van der Waals surface area (Å²) >= 11 is 0. The van der Waals surface area contributed by atoms with E-state index in [1.54, 1.807) is 34.6 Å². The summed E-state index contributed by atoms with van der Waals surface area (Å²) in [5.41, 5.74) is 4.85. The molecule has 0 fully saturated rings. The Morgan fingerprint density at radius 3 is 1.91 bits per heavy atom. The van der Waals surface area contributed by atoms with E-state index < -0.39 is 47.6 Å². The molecule has 0 spiro atoms. The van der Waals surface area contributed by atoms with Crippen LogP contribution in [-0.4, -0.2) is 61.3 Å². The lowest BCUT2D eigenvalue weighted by Gasteiger charge is -2.28. The first kappa shape index (κ1) is 30.6. The fraction of sp³-hybridized carbons (Fsp3) is 0.826. The summed E-state index contributed by atoms with van der Waals surface area (Å²) in [5.74, 6) is -1.66. The molecule has 0 saturated carbocycles. The molecule has 10 heteroatoms. The minimum absolute atomic E-state index is 0.142. The maximum atomic E-state index is 13.0. The van der Waals surface area contributed by atoms with Crippen molar-refractivity contribution in [2.75, 3.05) is 13.7 Å². The van der Waals surface area contributed by atoms with Gasteiger partial charge in [0, 0.05) is 0 Å². The van der Waals surface area contributed by atoms with Gasteiger partial charge in [-0.3, -0.25) is 9.59 Å². The van der Waals surface area contributed by atoms with Crippen molar-refractivity contribution in [3.8, 4) is 0 Å². The summed E-state index contributed by atoms with van der Waals surface area (Å²) in [4.78, 5) is 50.3. The fourth-order valence-electron chi connectivity index (χ4n) is 3.09. The quantitative estimate of drug-likeness (QED) is 0.236. The molecule has 0 aromatic heterocycles. The van der Waals surface area contributed by atoms with Gasteiger partial charge < -0.3 is 31.2 Å². The summed E-state index contributed by atoms with van der Waals surface area (Å²) < 4.78 is 10.1. The predicted molar refractivity (Wildman–Crippen MR) is 126 cm³/mol. The van der Waals surface area contributed by atoms with Crippen LogP contribution in [0.25, 0.3) is 0 Å². The topological polar surface area (TPSA) is 149 Å². The first-order valence-electron chi connectivity index (χ1n) is 11.6. The lowest BCUT2D eigenvalue weighted by molar-refractivity contribution is -0.146. The lowest BCUT2D eigenvalue weighted by Crippen LogP contribution is -2.57. The average Bonchev–Trinajstić information content (AvgIpc) is 2.68. The van der Waals surface area contributed by atoms with Gasteiger partial charge in [-0.25, -0.2) is 9.59 Å². The van der Waals surface area contributed by atoms with E-state index in [4.69, 9.17) is 15.2 Å². The van der Waals surface area contributed by atoms with Crippen molar-refractivity contribution in [3.05, 3.63) is 0 Å². The fourth-order valence-corrected chi connectivity index (χ4v) is 3.09. The second-order valence-corrected chi connectivity index (χ2v) is 9.93. The van der Waals surface area contributed by atoms with Crippen LogP contribution in [0.4, 0.5) is 4.79 Å². The molecule has 3 atom stereocenters. The predicted octanol–water partition coefficient (Wildman–Crippen LogP) is 1.85. The van der Waals surface area contributed by atoms with Crippen molar-refractivity contribution in [1.82, 2.24) is 16.0 Å². The number of unbranched alkanes of at least 4 members (excludes halogenated alkanes) is 1. The van der Waals surface area contributed by atoms with Gasteiger partial charge in [0.2, 0.25) is 11.8 Å². The molecule has 0 aliphatic carbocycles.